The largest absolute Gasteiger partial charge is 0.326 e. The molecule has 4 nitrogen and oxygen atoms in total. The van der Waals surface area contributed by atoms with E-state index in [0.717, 1.165) is 31.7 Å². The van der Waals surface area contributed by atoms with Crippen molar-refractivity contribution in [1.82, 2.24) is 10.2 Å². The average molecular weight is 301 g/mol. The molecule has 1 aromatic carbocycles. The molecule has 1 atom stereocenters. The Hall–Kier alpha value is -1.39. The van der Waals surface area contributed by atoms with Crippen LogP contribution in [0.2, 0.25) is 0 Å². The van der Waals surface area contributed by atoms with Crippen LogP contribution >= 0.6 is 0 Å². The van der Waals surface area contributed by atoms with Crippen LogP contribution in [0.3, 0.4) is 0 Å². The highest BCUT2D eigenvalue weighted by Gasteiger charge is 2.22. The Morgan fingerprint density at radius 3 is 2.50 bits per heavy atom. The van der Waals surface area contributed by atoms with Gasteiger partial charge in [0.05, 0.1) is 5.92 Å². The van der Waals surface area contributed by atoms with Crippen molar-refractivity contribution in [1.29, 1.82) is 0 Å². The summed E-state index contributed by atoms with van der Waals surface area (Å²) in [4.78, 5) is 14.6. The maximum Gasteiger partial charge on any atom is 0.228 e. The molecule has 2 N–H and O–H groups in total. The smallest absolute Gasteiger partial charge is 0.228 e. The molecule has 1 unspecified atom stereocenters. The van der Waals surface area contributed by atoms with Crippen molar-refractivity contribution in [2.75, 3.05) is 31.5 Å². The lowest BCUT2D eigenvalue weighted by Gasteiger charge is -2.20. The second kappa shape index (κ2) is 7.75. The van der Waals surface area contributed by atoms with Crippen molar-refractivity contribution in [2.45, 2.75) is 38.6 Å². The Morgan fingerprint density at radius 2 is 1.86 bits per heavy atom. The molecule has 4 heteroatoms. The summed E-state index contributed by atoms with van der Waals surface area (Å²) in [6.45, 7) is 5.22. The van der Waals surface area contributed by atoms with E-state index in [0.29, 0.717) is 0 Å². The van der Waals surface area contributed by atoms with E-state index in [1.807, 2.05) is 12.1 Å². The molecular weight excluding hydrogens is 274 g/mol. The van der Waals surface area contributed by atoms with Crippen LogP contribution in [0.4, 0.5) is 5.69 Å². The third kappa shape index (κ3) is 4.31. The van der Waals surface area contributed by atoms with Crippen LogP contribution in [-0.2, 0) is 11.3 Å². The number of anilines is 1. The van der Waals surface area contributed by atoms with Gasteiger partial charge in [-0.1, -0.05) is 25.0 Å². The fourth-order valence-corrected chi connectivity index (χ4v) is 3.37. The van der Waals surface area contributed by atoms with Gasteiger partial charge in [-0.25, -0.2) is 0 Å². The molecule has 0 saturated carbocycles. The van der Waals surface area contributed by atoms with Crippen LogP contribution in [0.1, 0.15) is 37.7 Å². The number of nitrogens with zero attached hydrogens (tertiary/aromatic N) is 1. The quantitative estimate of drug-likeness (QED) is 0.898. The predicted octanol–water partition coefficient (Wildman–Crippen LogP) is 2.61. The summed E-state index contributed by atoms with van der Waals surface area (Å²) in [5, 5.41) is 6.26. The van der Waals surface area contributed by atoms with E-state index in [-0.39, 0.29) is 11.8 Å². The second-order valence-corrected chi connectivity index (χ2v) is 6.57. The molecule has 1 aromatic rings. The molecule has 2 heterocycles. The van der Waals surface area contributed by atoms with E-state index in [9.17, 15) is 4.79 Å². The molecule has 2 fully saturated rings. The van der Waals surface area contributed by atoms with Gasteiger partial charge in [-0.2, -0.15) is 0 Å². The van der Waals surface area contributed by atoms with Gasteiger partial charge in [0.15, 0.2) is 0 Å². The fourth-order valence-electron chi connectivity index (χ4n) is 3.37. The summed E-state index contributed by atoms with van der Waals surface area (Å²) < 4.78 is 0. The summed E-state index contributed by atoms with van der Waals surface area (Å²) in [6, 6.07) is 8.36. The minimum absolute atomic E-state index is 0.122. The number of rotatable bonds is 4. The maximum atomic E-state index is 12.1. The molecule has 1 amide bonds. The molecular formula is C18H27N3O. The molecule has 0 spiro atoms. The Balaban J connectivity index is 1.52. The average Bonchev–Trinajstić information content (AvgIpc) is 2.95. The standard InChI is InChI=1S/C18H27N3O/c22-18(16-9-10-19-13-16)20-17-7-5-15(6-8-17)14-21-11-3-1-2-4-12-21/h5-8,16,19H,1-4,9-14H2,(H,20,22). The first-order chi connectivity index (χ1) is 10.8. The lowest BCUT2D eigenvalue weighted by Crippen LogP contribution is -2.25. The normalized spacial score (nSPS) is 23.2. The van der Waals surface area contributed by atoms with Gasteiger partial charge in [0.1, 0.15) is 0 Å². The van der Waals surface area contributed by atoms with E-state index in [2.05, 4.69) is 27.7 Å². The SMILES string of the molecule is O=C(Nc1ccc(CN2CCCCCC2)cc1)C1CCNC1. The molecule has 2 aliphatic heterocycles. The second-order valence-electron chi connectivity index (χ2n) is 6.57. The van der Waals surface area contributed by atoms with E-state index in [1.165, 1.54) is 44.3 Å². The Labute approximate surface area is 133 Å². The van der Waals surface area contributed by atoms with E-state index < -0.39 is 0 Å². The molecule has 120 valence electrons. The van der Waals surface area contributed by atoms with Gasteiger partial charge >= 0.3 is 0 Å². The molecule has 0 bridgehead atoms. The zero-order valence-electron chi connectivity index (χ0n) is 13.3. The first kappa shape index (κ1) is 15.5. The summed E-state index contributed by atoms with van der Waals surface area (Å²) in [7, 11) is 0. The monoisotopic (exact) mass is 301 g/mol. The fraction of sp³-hybridized carbons (Fsp3) is 0.611. The third-order valence-corrected chi connectivity index (χ3v) is 4.76. The number of likely N-dealkylation sites (tertiary alicyclic amines) is 1. The number of carbonyl (C=O) groups is 1. The van der Waals surface area contributed by atoms with Gasteiger partial charge < -0.3 is 10.6 Å². The van der Waals surface area contributed by atoms with Crippen molar-refractivity contribution < 1.29 is 4.79 Å². The van der Waals surface area contributed by atoms with Crippen LogP contribution in [0.25, 0.3) is 0 Å². The van der Waals surface area contributed by atoms with Crippen LogP contribution < -0.4 is 10.6 Å². The topological polar surface area (TPSA) is 44.4 Å². The molecule has 2 aliphatic rings. The van der Waals surface area contributed by atoms with E-state index in [1.54, 1.807) is 0 Å². The van der Waals surface area contributed by atoms with Crippen LogP contribution in [0, 0.1) is 5.92 Å². The summed E-state index contributed by atoms with van der Waals surface area (Å²) in [6.07, 6.45) is 6.33. The van der Waals surface area contributed by atoms with Crippen molar-refractivity contribution in [3.63, 3.8) is 0 Å². The van der Waals surface area contributed by atoms with Gasteiger partial charge in [0.2, 0.25) is 5.91 Å². The predicted molar refractivity (Wildman–Crippen MR) is 89.8 cm³/mol. The lowest BCUT2D eigenvalue weighted by atomic mass is 10.1. The summed E-state index contributed by atoms with van der Waals surface area (Å²) in [5.41, 5.74) is 2.25. The molecule has 0 radical (unpaired) electrons. The first-order valence-corrected chi connectivity index (χ1v) is 8.64. The zero-order chi connectivity index (χ0) is 15.2. The number of amides is 1. The Kier molecular flexibility index (Phi) is 5.46. The van der Waals surface area contributed by atoms with Gasteiger partial charge in [-0.05, 0) is 56.6 Å². The van der Waals surface area contributed by atoms with Gasteiger partial charge in [-0.3, -0.25) is 9.69 Å². The van der Waals surface area contributed by atoms with Crippen molar-refractivity contribution in [3.8, 4) is 0 Å². The van der Waals surface area contributed by atoms with Gasteiger partial charge in [-0.15, -0.1) is 0 Å². The first-order valence-electron chi connectivity index (χ1n) is 8.64. The van der Waals surface area contributed by atoms with Gasteiger partial charge in [0, 0.05) is 18.8 Å². The summed E-state index contributed by atoms with van der Waals surface area (Å²) >= 11 is 0. The molecule has 0 aromatic heterocycles. The Morgan fingerprint density at radius 1 is 1.14 bits per heavy atom. The van der Waals surface area contributed by atoms with Gasteiger partial charge in [0.25, 0.3) is 0 Å². The number of hydrogen-bond acceptors (Lipinski definition) is 3. The number of hydrogen-bond donors (Lipinski definition) is 2. The highest BCUT2D eigenvalue weighted by Crippen LogP contribution is 2.17. The van der Waals surface area contributed by atoms with Crippen LogP contribution in [-0.4, -0.2) is 37.0 Å². The molecule has 0 aliphatic carbocycles. The molecule has 2 saturated heterocycles. The minimum atomic E-state index is 0.122. The number of benzene rings is 1. The molecule has 22 heavy (non-hydrogen) atoms. The number of nitrogens with one attached hydrogen (secondary N) is 2. The van der Waals surface area contributed by atoms with Crippen molar-refractivity contribution in [2.24, 2.45) is 5.92 Å². The minimum Gasteiger partial charge on any atom is -0.326 e. The van der Waals surface area contributed by atoms with E-state index in [4.69, 9.17) is 0 Å². The zero-order valence-corrected chi connectivity index (χ0v) is 13.3. The highest BCUT2D eigenvalue weighted by molar-refractivity contribution is 5.92. The third-order valence-electron chi connectivity index (χ3n) is 4.76. The maximum absolute atomic E-state index is 12.1. The Bertz CT molecular complexity index is 472. The van der Waals surface area contributed by atoms with Crippen LogP contribution in [0.5, 0.6) is 0 Å². The molecule has 3 rings (SSSR count). The van der Waals surface area contributed by atoms with Crippen molar-refractivity contribution in [3.05, 3.63) is 29.8 Å². The van der Waals surface area contributed by atoms with E-state index >= 15 is 0 Å². The summed E-state index contributed by atoms with van der Waals surface area (Å²) in [5.74, 6) is 0.266. The number of carbonyl (C=O) groups excluding carboxylic acids is 1. The van der Waals surface area contributed by atoms with Crippen LogP contribution in [0.15, 0.2) is 24.3 Å². The van der Waals surface area contributed by atoms with Crippen molar-refractivity contribution >= 4 is 11.6 Å². The lowest BCUT2D eigenvalue weighted by molar-refractivity contribution is -0.119. The highest BCUT2D eigenvalue weighted by atomic mass is 16.1.